The van der Waals surface area contributed by atoms with E-state index in [0.29, 0.717) is 5.76 Å². The summed E-state index contributed by atoms with van der Waals surface area (Å²) in [7, 11) is 1.53. The summed E-state index contributed by atoms with van der Waals surface area (Å²) in [6, 6.07) is 0. The van der Waals surface area contributed by atoms with E-state index < -0.39 is 5.60 Å². The fourth-order valence-electron chi connectivity index (χ4n) is 1.92. The van der Waals surface area contributed by atoms with Crippen molar-refractivity contribution in [1.82, 2.24) is 0 Å². The van der Waals surface area contributed by atoms with Crippen molar-refractivity contribution >= 4 is 0 Å². The van der Waals surface area contributed by atoms with E-state index in [-0.39, 0.29) is 5.92 Å². The van der Waals surface area contributed by atoms with Crippen LogP contribution in [0.2, 0.25) is 0 Å². The van der Waals surface area contributed by atoms with Gasteiger partial charge in [0.25, 0.3) is 0 Å². The van der Waals surface area contributed by atoms with Crippen LogP contribution in [0.15, 0.2) is 29.2 Å². The number of hydrogen-bond acceptors (Lipinski definition) is 2. The molecule has 0 bridgehead atoms. The van der Waals surface area contributed by atoms with Gasteiger partial charge in [-0.3, -0.25) is 0 Å². The second-order valence-electron chi connectivity index (χ2n) is 3.51. The number of aliphatic hydroxyl groups is 1. The average molecular weight is 180 g/mol. The van der Waals surface area contributed by atoms with Crippen LogP contribution in [0.5, 0.6) is 0 Å². The van der Waals surface area contributed by atoms with Gasteiger partial charge in [0.05, 0.1) is 7.11 Å². The molecule has 2 nitrogen and oxygen atoms in total. The molecule has 1 aliphatic carbocycles. The third-order valence-electron chi connectivity index (χ3n) is 3.15. The Morgan fingerprint density at radius 3 is 2.46 bits per heavy atom. The Morgan fingerprint density at radius 2 is 2.15 bits per heavy atom. The molecule has 0 saturated carbocycles. The summed E-state index contributed by atoms with van der Waals surface area (Å²) >= 11 is 0. The third kappa shape index (κ3) is 1.06. The van der Waals surface area contributed by atoms with Crippen molar-refractivity contribution in [2.75, 3.05) is 7.11 Å². The Kier molecular flexibility index (Phi) is 2.38. The standard InChI is InChI=1S/C11H16O2/c1-6-10(13-5)11(12)8(3)7(2)9(11)4/h8,12H,1H2,2-5H3. The van der Waals surface area contributed by atoms with Crippen molar-refractivity contribution in [1.29, 1.82) is 0 Å². The van der Waals surface area contributed by atoms with Gasteiger partial charge in [-0.05, 0) is 19.4 Å². The summed E-state index contributed by atoms with van der Waals surface area (Å²) < 4.78 is 5.05. The maximum atomic E-state index is 10.3. The van der Waals surface area contributed by atoms with Crippen molar-refractivity contribution in [2.24, 2.45) is 5.92 Å². The van der Waals surface area contributed by atoms with Gasteiger partial charge >= 0.3 is 0 Å². The summed E-state index contributed by atoms with van der Waals surface area (Å²) in [6.45, 7) is 9.40. The largest absolute Gasteiger partial charge is 0.490 e. The molecule has 1 rings (SSSR count). The predicted octanol–water partition coefficient (Wildman–Crippen LogP) is 2.02. The molecule has 1 aliphatic rings. The Labute approximate surface area is 79.2 Å². The number of hydrogen-bond donors (Lipinski definition) is 1. The van der Waals surface area contributed by atoms with Crippen LogP contribution in [0.3, 0.4) is 0 Å². The first-order valence-electron chi connectivity index (χ1n) is 4.34. The molecule has 13 heavy (non-hydrogen) atoms. The first kappa shape index (κ1) is 10.1. The molecule has 0 radical (unpaired) electrons. The Balaban J connectivity index is 3.14. The second kappa shape index (κ2) is 3.06. The fourth-order valence-corrected chi connectivity index (χ4v) is 1.92. The van der Waals surface area contributed by atoms with Gasteiger partial charge in [0, 0.05) is 5.92 Å². The monoisotopic (exact) mass is 180 g/mol. The molecule has 2 heteroatoms. The molecule has 72 valence electrons. The highest BCUT2D eigenvalue weighted by Crippen LogP contribution is 2.47. The quantitative estimate of drug-likeness (QED) is 0.400. The topological polar surface area (TPSA) is 29.5 Å². The minimum atomic E-state index is -0.972. The normalized spacial score (nSPS) is 32.2. The van der Waals surface area contributed by atoms with Gasteiger partial charge in [-0.1, -0.05) is 24.8 Å². The van der Waals surface area contributed by atoms with Gasteiger partial charge in [-0.2, -0.15) is 0 Å². The maximum absolute atomic E-state index is 10.3. The smallest absolute Gasteiger partial charge is 0.174 e. The van der Waals surface area contributed by atoms with Gasteiger partial charge in [-0.15, -0.1) is 0 Å². The van der Waals surface area contributed by atoms with Crippen molar-refractivity contribution in [3.63, 3.8) is 0 Å². The van der Waals surface area contributed by atoms with E-state index in [1.165, 1.54) is 12.7 Å². The molecule has 0 amide bonds. The van der Waals surface area contributed by atoms with E-state index in [4.69, 9.17) is 4.74 Å². The molecule has 0 fully saturated rings. The minimum absolute atomic E-state index is 0.0942. The summed E-state index contributed by atoms with van der Waals surface area (Å²) in [5.41, 5.74) is 3.83. The zero-order valence-electron chi connectivity index (χ0n) is 8.64. The molecular formula is C11H16O2. The van der Waals surface area contributed by atoms with Crippen LogP contribution in [0.25, 0.3) is 0 Å². The second-order valence-corrected chi connectivity index (χ2v) is 3.51. The van der Waals surface area contributed by atoms with Gasteiger partial charge in [0.1, 0.15) is 0 Å². The van der Waals surface area contributed by atoms with E-state index in [0.717, 1.165) is 5.57 Å². The predicted molar refractivity (Wildman–Crippen MR) is 52.1 cm³/mol. The van der Waals surface area contributed by atoms with E-state index in [1.807, 2.05) is 20.8 Å². The van der Waals surface area contributed by atoms with Crippen LogP contribution in [0, 0.1) is 5.92 Å². The van der Waals surface area contributed by atoms with Crippen LogP contribution in [0.1, 0.15) is 20.8 Å². The number of ether oxygens (including phenoxy) is 1. The molecule has 0 aromatic carbocycles. The SMILES string of the molecule is C=C=C(OC)C1(O)C(C)=C(C)C1C. The highest BCUT2D eigenvalue weighted by Gasteiger charge is 2.50. The molecule has 0 aliphatic heterocycles. The molecular weight excluding hydrogens is 164 g/mol. The summed E-state index contributed by atoms with van der Waals surface area (Å²) in [5.74, 6) is 0.514. The Morgan fingerprint density at radius 1 is 1.62 bits per heavy atom. The Bertz CT molecular complexity index is 308. The number of rotatable bonds is 2. The fraction of sp³-hybridized carbons (Fsp3) is 0.545. The summed E-state index contributed by atoms with van der Waals surface area (Å²) in [6.07, 6.45) is 0. The summed E-state index contributed by atoms with van der Waals surface area (Å²) in [5, 5.41) is 10.3. The molecule has 2 unspecified atom stereocenters. The lowest BCUT2D eigenvalue weighted by atomic mass is 9.65. The van der Waals surface area contributed by atoms with Crippen molar-refractivity contribution in [3.8, 4) is 0 Å². The molecule has 0 spiro atoms. The molecule has 2 atom stereocenters. The average Bonchev–Trinajstić information content (AvgIpc) is 2.16. The van der Waals surface area contributed by atoms with Crippen LogP contribution in [-0.2, 0) is 4.74 Å². The van der Waals surface area contributed by atoms with Crippen LogP contribution in [-0.4, -0.2) is 17.8 Å². The zero-order valence-corrected chi connectivity index (χ0v) is 8.64. The molecule has 0 aromatic heterocycles. The van der Waals surface area contributed by atoms with Crippen LogP contribution < -0.4 is 0 Å². The number of methoxy groups -OCH3 is 1. The van der Waals surface area contributed by atoms with Gasteiger partial charge in [-0.25, -0.2) is 0 Å². The lowest BCUT2D eigenvalue weighted by Gasteiger charge is -2.45. The molecule has 0 saturated heterocycles. The van der Waals surface area contributed by atoms with E-state index in [1.54, 1.807) is 0 Å². The third-order valence-corrected chi connectivity index (χ3v) is 3.15. The lowest BCUT2D eigenvalue weighted by molar-refractivity contribution is -0.00173. The molecule has 1 N–H and O–H groups in total. The van der Waals surface area contributed by atoms with Crippen LogP contribution >= 0.6 is 0 Å². The van der Waals surface area contributed by atoms with Crippen LogP contribution in [0.4, 0.5) is 0 Å². The summed E-state index contributed by atoms with van der Waals surface area (Å²) in [4.78, 5) is 0. The first-order chi connectivity index (χ1) is 6.00. The van der Waals surface area contributed by atoms with E-state index >= 15 is 0 Å². The molecule has 0 heterocycles. The van der Waals surface area contributed by atoms with Crippen molar-refractivity contribution < 1.29 is 9.84 Å². The lowest BCUT2D eigenvalue weighted by Crippen LogP contribution is -2.49. The highest BCUT2D eigenvalue weighted by atomic mass is 16.5. The highest BCUT2D eigenvalue weighted by molar-refractivity contribution is 5.44. The minimum Gasteiger partial charge on any atom is -0.490 e. The van der Waals surface area contributed by atoms with Crippen molar-refractivity contribution in [3.05, 3.63) is 29.2 Å². The van der Waals surface area contributed by atoms with E-state index in [2.05, 4.69) is 12.3 Å². The van der Waals surface area contributed by atoms with Gasteiger partial charge in [0.15, 0.2) is 11.4 Å². The first-order valence-corrected chi connectivity index (χ1v) is 4.34. The van der Waals surface area contributed by atoms with E-state index in [9.17, 15) is 5.11 Å². The maximum Gasteiger partial charge on any atom is 0.174 e. The van der Waals surface area contributed by atoms with Gasteiger partial charge < -0.3 is 9.84 Å². The zero-order chi connectivity index (χ0) is 10.2. The van der Waals surface area contributed by atoms with Crippen molar-refractivity contribution in [2.45, 2.75) is 26.4 Å². The Hall–Kier alpha value is -0.980. The van der Waals surface area contributed by atoms with Gasteiger partial charge in [0.2, 0.25) is 0 Å². The molecule has 0 aromatic rings.